The molecule has 0 radical (unpaired) electrons. The standard InChI is InChI=1S/C13H18O/c1-9-4-6-12(7-5-9)10(2)8-13-11(3)14-13/h4-7,10-11,13H,8H2,1-3H3. The monoisotopic (exact) mass is 190 g/mol. The molecule has 14 heavy (non-hydrogen) atoms. The molecule has 0 amide bonds. The Kier molecular flexibility index (Phi) is 2.60. The van der Waals surface area contributed by atoms with E-state index in [2.05, 4.69) is 45.0 Å². The molecule has 76 valence electrons. The van der Waals surface area contributed by atoms with Crippen LogP contribution in [0.4, 0.5) is 0 Å². The van der Waals surface area contributed by atoms with Gasteiger partial charge in [0.1, 0.15) is 0 Å². The molecule has 1 heterocycles. The summed E-state index contributed by atoms with van der Waals surface area (Å²) in [6.45, 7) is 6.55. The van der Waals surface area contributed by atoms with Gasteiger partial charge in [-0.3, -0.25) is 0 Å². The van der Waals surface area contributed by atoms with Gasteiger partial charge in [-0.1, -0.05) is 36.8 Å². The zero-order chi connectivity index (χ0) is 10.1. The van der Waals surface area contributed by atoms with E-state index in [0.717, 1.165) is 6.42 Å². The Morgan fingerprint density at radius 2 is 1.86 bits per heavy atom. The average molecular weight is 190 g/mol. The third-order valence-corrected chi connectivity index (χ3v) is 3.07. The van der Waals surface area contributed by atoms with Crippen molar-refractivity contribution in [2.24, 2.45) is 0 Å². The topological polar surface area (TPSA) is 12.5 Å². The second-order valence-corrected chi connectivity index (χ2v) is 4.43. The van der Waals surface area contributed by atoms with Crippen molar-refractivity contribution in [3.8, 4) is 0 Å². The van der Waals surface area contributed by atoms with Gasteiger partial charge in [-0.05, 0) is 31.7 Å². The van der Waals surface area contributed by atoms with Crippen molar-refractivity contribution in [2.75, 3.05) is 0 Å². The Balaban J connectivity index is 1.96. The van der Waals surface area contributed by atoms with E-state index in [0.29, 0.717) is 18.1 Å². The molecule has 0 bridgehead atoms. The molecule has 1 fully saturated rings. The lowest BCUT2D eigenvalue weighted by atomic mass is 9.95. The van der Waals surface area contributed by atoms with Crippen molar-refractivity contribution in [3.63, 3.8) is 0 Å². The number of epoxide rings is 1. The highest BCUT2D eigenvalue weighted by Gasteiger charge is 2.35. The molecular formula is C13H18O. The molecule has 1 aliphatic rings. The van der Waals surface area contributed by atoms with E-state index in [1.165, 1.54) is 11.1 Å². The minimum absolute atomic E-state index is 0.489. The van der Waals surface area contributed by atoms with Gasteiger partial charge in [-0.2, -0.15) is 0 Å². The van der Waals surface area contributed by atoms with Crippen molar-refractivity contribution in [2.45, 2.75) is 45.3 Å². The molecule has 0 aromatic heterocycles. The van der Waals surface area contributed by atoms with E-state index >= 15 is 0 Å². The summed E-state index contributed by atoms with van der Waals surface area (Å²) in [7, 11) is 0. The quantitative estimate of drug-likeness (QED) is 0.666. The van der Waals surface area contributed by atoms with Crippen LogP contribution < -0.4 is 0 Å². The molecule has 1 nitrogen and oxygen atoms in total. The molecule has 0 saturated carbocycles. The van der Waals surface area contributed by atoms with Gasteiger partial charge in [0.05, 0.1) is 12.2 Å². The van der Waals surface area contributed by atoms with Gasteiger partial charge in [0, 0.05) is 0 Å². The van der Waals surface area contributed by atoms with Gasteiger partial charge in [0.25, 0.3) is 0 Å². The zero-order valence-electron chi connectivity index (χ0n) is 9.16. The van der Waals surface area contributed by atoms with E-state index in [9.17, 15) is 0 Å². The predicted molar refractivity (Wildman–Crippen MR) is 58.5 cm³/mol. The summed E-state index contributed by atoms with van der Waals surface area (Å²) in [4.78, 5) is 0. The fourth-order valence-corrected chi connectivity index (χ4v) is 1.86. The summed E-state index contributed by atoms with van der Waals surface area (Å²) in [5, 5.41) is 0. The second kappa shape index (κ2) is 3.74. The Morgan fingerprint density at radius 3 is 2.36 bits per heavy atom. The molecule has 1 aromatic carbocycles. The molecule has 3 atom stereocenters. The van der Waals surface area contributed by atoms with Gasteiger partial charge < -0.3 is 4.74 Å². The lowest BCUT2D eigenvalue weighted by molar-refractivity contribution is 0.362. The minimum Gasteiger partial charge on any atom is -0.370 e. The first-order chi connectivity index (χ1) is 6.66. The van der Waals surface area contributed by atoms with E-state index in [-0.39, 0.29) is 0 Å². The first kappa shape index (κ1) is 9.72. The molecular weight excluding hydrogens is 172 g/mol. The molecule has 1 aromatic rings. The predicted octanol–water partition coefficient (Wildman–Crippen LogP) is 3.28. The fourth-order valence-electron chi connectivity index (χ4n) is 1.86. The van der Waals surface area contributed by atoms with Crippen molar-refractivity contribution < 1.29 is 4.74 Å². The van der Waals surface area contributed by atoms with Crippen LogP contribution in [-0.4, -0.2) is 12.2 Å². The zero-order valence-corrected chi connectivity index (χ0v) is 9.16. The lowest BCUT2D eigenvalue weighted by Gasteiger charge is -2.10. The molecule has 1 saturated heterocycles. The van der Waals surface area contributed by atoms with Crippen LogP contribution >= 0.6 is 0 Å². The van der Waals surface area contributed by atoms with Gasteiger partial charge in [0.2, 0.25) is 0 Å². The first-order valence-corrected chi connectivity index (χ1v) is 5.39. The maximum atomic E-state index is 5.43. The smallest absolute Gasteiger partial charge is 0.0844 e. The molecule has 3 unspecified atom stereocenters. The van der Waals surface area contributed by atoms with Crippen molar-refractivity contribution in [1.29, 1.82) is 0 Å². The van der Waals surface area contributed by atoms with Gasteiger partial charge in [-0.15, -0.1) is 0 Å². The van der Waals surface area contributed by atoms with E-state index in [1.54, 1.807) is 0 Å². The van der Waals surface area contributed by atoms with E-state index in [1.807, 2.05) is 0 Å². The molecule has 0 aliphatic carbocycles. The third-order valence-electron chi connectivity index (χ3n) is 3.07. The Bertz CT molecular complexity index is 302. The Hall–Kier alpha value is -0.820. The van der Waals surface area contributed by atoms with Gasteiger partial charge in [-0.25, -0.2) is 0 Å². The third kappa shape index (κ3) is 2.16. The van der Waals surface area contributed by atoms with Crippen molar-refractivity contribution in [3.05, 3.63) is 35.4 Å². The maximum absolute atomic E-state index is 5.43. The Labute approximate surface area is 86.1 Å². The SMILES string of the molecule is Cc1ccc(C(C)CC2OC2C)cc1. The van der Waals surface area contributed by atoms with Crippen LogP contribution in [0, 0.1) is 6.92 Å². The highest BCUT2D eigenvalue weighted by atomic mass is 16.6. The number of hydrogen-bond acceptors (Lipinski definition) is 1. The van der Waals surface area contributed by atoms with Crippen LogP contribution in [0.25, 0.3) is 0 Å². The highest BCUT2D eigenvalue weighted by Crippen LogP contribution is 2.32. The number of aryl methyl sites for hydroxylation is 1. The summed E-state index contributed by atoms with van der Waals surface area (Å²) in [5.41, 5.74) is 2.76. The summed E-state index contributed by atoms with van der Waals surface area (Å²) in [5.74, 6) is 0.616. The number of rotatable bonds is 3. The fraction of sp³-hybridized carbons (Fsp3) is 0.538. The summed E-state index contributed by atoms with van der Waals surface area (Å²) in [6.07, 6.45) is 2.15. The number of hydrogen-bond donors (Lipinski definition) is 0. The molecule has 1 heteroatoms. The van der Waals surface area contributed by atoms with Crippen LogP contribution in [-0.2, 0) is 4.74 Å². The first-order valence-electron chi connectivity index (χ1n) is 5.39. The summed E-state index contributed by atoms with van der Waals surface area (Å²) < 4.78 is 5.43. The van der Waals surface area contributed by atoms with E-state index < -0.39 is 0 Å². The van der Waals surface area contributed by atoms with Crippen LogP contribution in [0.5, 0.6) is 0 Å². The summed E-state index contributed by atoms with van der Waals surface area (Å²) >= 11 is 0. The Morgan fingerprint density at radius 1 is 1.29 bits per heavy atom. The summed E-state index contributed by atoms with van der Waals surface area (Å²) in [6, 6.07) is 8.83. The van der Waals surface area contributed by atoms with Crippen molar-refractivity contribution in [1.82, 2.24) is 0 Å². The number of ether oxygens (including phenoxy) is 1. The molecule has 0 spiro atoms. The number of benzene rings is 1. The van der Waals surface area contributed by atoms with Crippen LogP contribution in [0.15, 0.2) is 24.3 Å². The lowest BCUT2D eigenvalue weighted by Crippen LogP contribution is -1.99. The van der Waals surface area contributed by atoms with Crippen molar-refractivity contribution >= 4 is 0 Å². The highest BCUT2D eigenvalue weighted by molar-refractivity contribution is 5.24. The minimum atomic E-state index is 0.489. The molecule has 2 rings (SSSR count). The van der Waals surface area contributed by atoms with Gasteiger partial charge >= 0.3 is 0 Å². The largest absolute Gasteiger partial charge is 0.370 e. The second-order valence-electron chi connectivity index (χ2n) is 4.43. The van der Waals surface area contributed by atoms with Gasteiger partial charge in [0.15, 0.2) is 0 Å². The van der Waals surface area contributed by atoms with Crippen LogP contribution in [0.3, 0.4) is 0 Å². The molecule has 0 N–H and O–H groups in total. The van der Waals surface area contributed by atoms with Crippen LogP contribution in [0.2, 0.25) is 0 Å². The van der Waals surface area contributed by atoms with Crippen LogP contribution in [0.1, 0.15) is 37.3 Å². The van der Waals surface area contributed by atoms with E-state index in [4.69, 9.17) is 4.74 Å². The average Bonchev–Trinajstić information content (AvgIpc) is 2.82. The maximum Gasteiger partial charge on any atom is 0.0844 e. The molecule has 1 aliphatic heterocycles. The normalized spacial score (nSPS) is 27.4.